The zero-order chi connectivity index (χ0) is 22.4. The molecule has 1 N–H and O–H groups in total. The predicted octanol–water partition coefficient (Wildman–Crippen LogP) is 4.45. The third-order valence-corrected chi connectivity index (χ3v) is 4.68. The molecule has 160 valence electrons. The minimum atomic E-state index is -3.86. The second-order valence-corrected chi connectivity index (χ2v) is 7.93. The molecule has 2 aromatic rings. The maximum Gasteiger partial charge on any atom is 0.586 e. The number of alkyl halides is 2. The maximum atomic E-state index is 13.5. The number of para-hydroxylation sites is 1. The van der Waals surface area contributed by atoms with Gasteiger partial charge in [0.1, 0.15) is 6.07 Å². The monoisotopic (exact) mass is 428 g/mol. The summed E-state index contributed by atoms with van der Waals surface area (Å²) in [6.45, 7) is 5.53. The van der Waals surface area contributed by atoms with Gasteiger partial charge in [0.2, 0.25) is 6.79 Å². The van der Waals surface area contributed by atoms with Crippen LogP contribution in [0, 0.1) is 16.7 Å². The first-order valence-corrected chi connectivity index (χ1v) is 9.34. The number of benzene rings is 2. The van der Waals surface area contributed by atoms with Crippen LogP contribution in [0.3, 0.4) is 0 Å². The number of halogens is 2. The molecule has 31 heavy (non-hydrogen) atoms. The number of hydrogen-bond donors (Lipinski definition) is 1. The first-order valence-electron chi connectivity index (χ1n) is 9.34. The molecule has 0 spiro atoms. The Kier molecular flexibility index (Phi) is 4.73. The highest BCUT2D eigenvalue weighted by Gasteiger charge is 2.45. The summed E-state index contributed by atoms with van der Waals surface area (Å²) in [6.07, 6.45) is -3.86. The van der Waals surface area contributed by atoms with Crippen LogP contribution in [0.25, 0.3) is 5.57 Å². The van der Waals surface area contributed by atoms with E-state index in [2.05, 4.69) is 20.9 Å². The van der Waals surface area contributed by atoms with Crippen molar-refractivity contribution in [3.8, 4) is 29.1 Å². The third-order valence-electron chi connectivity index (χ3n) is 4.68. The lowest BCUT2D eigenvalue weighted by molar-refractivity contribution is -0.286. The Labute approximate surface area is 176 Å². The van der Waals surface area contributed by atoms with Gasteiger partial charge in [-0.05, 0) is 35.9 Å². The number of rotatable bonds is 3. The van der Waals surface area contributed by atoms with Crippen LogP contribution in [0.15, 0.2) is 42.1 Å². The molecule has 4 rings (SSSR count). The lowest BCUT2D eigenvalue weighted by Gasteiger charge is -2.26. The molecule has 2 heterocycles. The van der Waals surface area contributed by atoms with E-state index in [1.165, 1.54) is 18.2 Å². The fourth-order valence-corrected chi connectivity index (χ4v) is 3.27. The summed E-state index contributed by atoms with van der Waals surface area (Å²) in [7, 11) is 0. The summed E-state index contributed by atoms with van der Waals surface area (Å²) >= 11 is 0. The topological polar surface area (TPSA) is 89.8 Å². The molecule has 9 heteroatoms. The summed E-state index contributed by atoms with van der Waals surface area (Å²) in [5, 5.41) is 12.6. The van der Waals surface area contributed by atoms with Crippen LogP contribution in [-0.2, 0) is 0 Å². The van der Waals surface area contributed by atoms with Crippen molar-refractivity contribution in [3.63, 3.8) is 0 Å². The van der Waals surface area contributed by atoms with E-state index in [1.807, 2.05) is 20.8 Å². The van der Waals surface area contributed by atoms with E-state index >= 15 is 0 Å². The normalized spacial score (nSPS) is 16.4. The second-order valence-electron chi connectivity index (χ2n) is 7.93. The van der Waals surface area contributed by atoms with Crippen molar-refractivity contribution in [1.82, 2.24) is 5.32 Å². The Hall–Kier alpha value is -3.80. The van der Waals surface area contributed by atoms with Crippen molar-refractivity contribution in [2.24, 2.45) is 5.41 Å². The molecule has 0 saturated heterocycles. The van der Waals surface area contributed by atoms with E-state index in [0.29, 0.717) is 22.8 Å². The molecule has 0 aromatic heterocycles. The summed E-state index contributed by atoms with van der Waals surface area (Å²) in [6, 6.07) is 11.2. The van der Waals surface area contributed by atoms with Crippen LogP contribution < -0.4 is 24.3 Å². The average Bonchev–Trinajstić information content (AvgIpc) is 3.28. The van der Waals surface area contributed by atoms with Gasteiger partial charge in [0.05, 0.1) is 11.1 Å². The number of hydrogen-bond acceptors (Lipinski definition) is 6. The number of amides is 1. The van der Waals surface area contributed by atoms with E-state index in [9.17, 15) is 18.8 Å². The highest BCUT2D eigenvalue weighted by molar-refractivity contribution is 6.00. The van der Waals surface area contributed by atoms with Crippen LogP contribution in [0.2, 0.25) is 0 Å². The molecule has 7 nitrogen and oxygen atoms in total. The molecular weight excluding hydrogens is 410 g/mol. The third kappa shape index (κ3) is 3.84. The van der Waals surface area contributed by atoms with Gasteiger partial charge < -0.3 is 24.3 Å². The average molecular weight is 428 g/mol. The molecule has 0 atom stereocenters. The van der Waals surface area contributed by atoms with Gasteiger partial charge in [-0.3, -0.25) is 4.79 Å². The molecule has 2 aromatic carbocycles. The van der Waals surface area contributed by atoms with Crippen LogP contribution in [-0.4, -0.2) is 19.0 Å². The summed E-state index contributed by atoms with van der Waals surface area (Å²) in [4.78, 5) is 13.0. The smallest absolute Gasteiger partial charge is 0.454 e. The first-order chi connectivity index (χ1) is 14.6. The number of ether oxygens (including phenoxy) is 4. The van der Waals surface area contributed by atoms with Gasteiger partial charge in [-0.1, -0.05) is 26.8 Å². The summed E-state index contributed by atoms with van der Waals surface area (Å²) < 4.78 is 46.6. The number of carbonyl (C=O) groups excluding carboxylic acids is 1. The Balaban J connectivity index is 1.74. The highest BCUT2D eigenvalue weighted by Crippen LogP contribution is 2.43. The summed E-state index contributed by atoms with van der Waals surface area (Å²) in [5.41, 5.74) is 0.216. The molecule has 2 aliphatic rings. The van der Waals surface area contributed by atoms with Crippen LogP contribution >= 0.6 is 0 Å². The van der Waals surface area contributed by atoms with Gasteiger partial charge in [0.15, 0.2) is 23.0 Å². The molecule has 0 aliphatic carbocycles. The van der Waals surface area contributed by atoms with Crippen molar-refractivity contribution in [2.75, 3.05) is 6.79 Å². The molecule has 0 unspecified atom stereocenters. The Morgan fingerprint density at radius 3 is 2.55 bits per heavy atom. The van der Waals surface area contributed by atoms with E-state index in [4.69, 9.17) is 9.47 Å². The molecule has 1 amide bonds. The fourth-order valence-electron chi connectivity index (χ4n) is 3.27. The highest BCUT2D eigenvalue weighted by atomic mass is 19.3. The van der Waals surface area contributed by atoms with Crippen molar-refractivity contribution in [2.45, 2.75) is 27.1 Å². The van der Waals surface area contributed by atoms with Crippen molar-refractivity contribution in [3.05, 3.63) is 53.2 Å². The lowest BCUT2D eigenvalue weighted by Crippen LogP contribution is -2.32. The van der Waals surface area contributed by atoms with Crippen LogP contribution in [0.5, 0.6) is 23.0 Å². The zero-order valence-corrected chi connectivity index (χ0v) is 16.9. The quantitative estimate of drug-likeness (QED) is 0.727. The van der Waals surface area contributed by atoms with Crippen molar-refractivity contribution < 1.29 is 32.5 Å². The van der Waals surface area contributed by atoms with Crippen molar-refractivity contribution in [1.29, 1.82) is 5.26 Å². The lowest BCUT2D eigenvalue weighted by atomic mass is 9.86. The Morgan fingerprint density at radius 1 is 1.10 bits per heavy atom. The van der Waals surface area contributed by atoms with E-state index in [1.54, 1.807) is 18.2 Å². The van der Waals surface area contributed by atoms with Gasteiger partial charge >= 0.3 is 6.29 Å². The van der Waals surface area contributed by atoms with Gasteiger partial charge in [-0.25, -0.2) is 0 Å². The molecule has 0 radical (unpaired) electrons. The van der Waals surface area contributed by atoms with Crippen molar-refractivity contribution >= 4 is 11.5 Å². The van der Waals surface area contributed by atoms with E-state index < -0.39 is 17.6 Å². The molecule has 0 bridgehead atoms. The maximum absolute atomic E-state index is 13.5. The number of nitriles is 1. The first kappa shape index (κ1) is 20.5. The van der Waals surface area contributed by atoms with Gasteiger partial charge in [-0.2, -0.15) is 5.26 Å². The predicted molar refractivity (Wildman–Crippen MR) is 105 cm³/mol. The number of carbonyl (C=O) groups is 1. The minimum Gasteiger partial charge on any atom is -0.454 e. The molecular formula is C22H18F2N2O5. The number of fused-ring (bicyclic) bond motifs is 2. The number of nitrogens with zero attached hydrogens (tertiary/aromatic N) is 1. The van der Waals surface area contributed by atoms with Gasteiger partial charge in [0.25, 0.3) is 5.91 Å². The van der Waals surface area contributed by atoms with E-state index in [-0.39, 0.29) is 29.4 Å². The molecule has 0 saturated carbocycles. The molecule has 2 aliphatic heterocycles. The van der Waals surface area contributed by atoms with Gasteiger partial charge in [-0.15, -0.1) is 8.78 Å². The zero-order valence-electron chi connectivity index (χ0n) is 16.9. The molecule has 0 fully saturated rings. The largest absolute Gasteiger partial charge is 0.586 e. The SMILES string of the molecule is CC(C)(C)/C(NC(=O)c1cccc2c1OC(F)(F)O2)=C(\C#N)c1ccc2c(c1)OCO2. The standard InChI is InChI=1S/C22H18F2N2O5/c1-21(2,3)19(14(10-25)12-7-8-15-17(9-12)29-11-28-15)26-20(27)13-5-4-6-16-18(13)31-22(23,24)30-16/h4-9H,11H2,1-3H3,(H,26,27)/b19-14-. The summed E-state index contributed by atoms with van der Waals surface area (Å²) in [5.74, 6) is -0.273. The van der Waals surface area contributed by atoms with Crippen LogP contribution in [0.4, 0.5) is 8.78 Å². The number of allylic oxidation sites excluding steroid dienone is 2. The van der Waals surface area contributed by atoms with Gasteiger partial charge in [0, 0.05) is 11.1 Å². The Morgan fingerprint density at radius 2 is 1.84 bits per heavy atom. The minimum absolute atomic E-state index is 0.0824. The Bertz CT molecular complexity index is 1150. The number of nitrogens with one attached hydrogen (secondary N) is 1. The second kappa shape index (κ2) is 7.16. The van der Waals surface area contributed by atoms with E-state index in [0.717, 1.165) is 0 Å². The van der Waals surface area contributed by atoms with Crippen LogP contribution in [0.1, 0.15) is 36.7 Å². The fraction of sp³-hybridized carbons (Fsp3) is 0.273.